The van der Waals surface area contributed by atoms with Crippen LogP contribution in [0.3, 0.4) is 0 Å². The molecule has 3 aromatic carbocycles. The van der Waals surface area contributed by atoms with Crippen LogP contribution < -0.4 is 14.8 Å². The molecule has 0 radical (unpaired) electrons. The van der Waals surface area contributed by atoms with Gasteiger partial charge < -0.3 is 10.1 Å². The third kappa shape index (κ3) is 6.43. The molecule has 1 atom stereocenters. The molecule has 0 saturated carbocycles. The van der Waals surface area contributed by atoms with Gasteiger partial charge in [0.05, 0.1) is 21.5 Å². The van der Waals surface area contributed by atoms with Gasteiger partial charge in [-0.1, -0.05) is 23.7 Å². The van der Waals surface area contributed by atoms with Gasteiger partial charge >= 0.3 is 0 Å². The number of anilines is 1. The molecule has 3 aromatic rings. The molecular weight excluding hydrogens is 474 g/mol. The molecule has 2 N–H and O–H groups in total. The monoisotopic (exact) mass is 494 g/mol. The summed E-state index contributed by atoms with van der Waals surface area (Å²) in [5.41, 5.74) is 1.21. The number of carbonyl (C=O) groups is 1. The summed E-state index contributed by atoms with van der Waals surface area (Å²) in [6, 6.07) is 12.9. The zero-order valence-corrected chi connectivity index (χ0v) is 19.3. The first-order chi connectivity index (χ1) is 15.5. The topological polar surface area (TPSA) is 84.5 Å². The number of hydrogen-bond acceptors (Lipinski definition) is 4. The molecule has 1 unspecified atom stereocenters. The standard InChI is InChI=1S/C23H21ClF2N2O4S/c1-14-4-3-5-17(10-14)28-33(30,31)18-7-8-20(24)19(12-18)23(29)27-15(2)13-32-22-9-6-16(25)11-21(22)26/h3-12,15,28H,13H2,1-2H3,(H,27,29). The molecule has 0 bridgehead atoms. The Kier molecular flexibility index (Phi) is 7.55. The predicted molar refractivity (Wildman–Crippen MR) is 122 cm³/mol. The molecule has 0 spiro atoms. The van der Waals surface area contributed by atoms with Crippen molar-refractivity contribution in [3.8, 4) is 5.75 Å². The Bertz CT molecular complexity index is 1290. The molecule has 0 aromatic heterocycles. The van der Waals surface area contributed by atoms with Crippen molar-refractivity contribution in [1.29, 1.82) is 0 Å². The molecule has 0 fully saturated rings. The third-order valence-electron chi connectivity index (χ3n) is 4.52. The third-order valence-corrected chi connectivity index (χ3v) is 6.23. The lowest BCUT2D eigenvalue weighted by atomic mass is 10.2. The van der Waals surface area contributed by atoms with Gasteiger partial charge in [-0.25, -0.2) is 17.2 Å². The highest BCUT2D eigenvalue weighted by atomic mass is 35.5. The van der Waals surface area contributed by atoms with Crippen LogP contribution >= 0.6 is 11.6 Å². The Morgan fingerprint density at radius 1 is 1.09 bits per heavy atom. The van der Waals surface area contributed by atoms with Crippen LogP contribution in [-0.2, 0) is 10.0 Å². The van der Waals surface area contributed by atoms with E-state index in [0.29, 0.717) is 11.8 Å². The van der Waals surface area contributed by atoms with Crippen molar-refractivity contribution in [1.82, 2.24) is 5.32 Å². The number of ether oxygens (including phenoxy) is 1. The lowest BCUT2D eigenvalue weighted by Crippen LogP contribution is -2.37. The summed E-state index contributed by atoms with van der Waals surface area (Å²) in [5, 5.41) is 2.67. The van der Waals surface area contributed by atoms with E-state index in [0.717, 1.165) is 17.7 Å². The van der Waals surface area contributed by atoms with Gasteiger partial charge in [-0.2, -0.15) is 0 Å². The number of hydrogen-bond donors (Lipinski definition) is 2. The van der Waals surface area contributed by atoms with Crippen molar-refractivity contribution in [3.63, 3.8) is 0 Å². The normalized spacial score (nSPS) is 12.2. The smallest absolute Gasteiger partial charge is 0.261 e. The molecule has 10 heteroatoms. The van der Waals surface area contributed by atoms with E-state index in [1.54, 1.807) is 25.1 Å². The van der Waals surface area contributed by atoms with E-state index in [2.05, 4.69) is 10.0 Å². The zero-order chi connectivity index (χ0) is 24.2. The number of benzene rings is 3. The van der Waals surface area contributed by atoms with Gasteiger partial charge in [-0.15, -0.1) is 0 Å². The van der Waals surface area contributed by atoms with Gasteiger partial charge in [0, 0.05) is 11.8 Å². The quantitative estimate of drug-likeness (QED) is 0.465. The molecule has 174 valence electrons. The summed E-state index contributed by atoms with van der Waals surface area (Å²) < 4.78 is 60.0. The maximum atomic E-state index is 13.7. The maximum Gasteiger partial charge on any atom is 0.261 e. The van der Waals surface area contributed by atoms with Crippen molar-refractivity contribution in [2.75, 3.05) is 11.3 Å². The number of sulfonamides is 1. The number of carbonyl (C=O) groups excluding carboxylic acids is 1. The van der Waals surface area contributed by atoms with Crippen LogP contribution in [0.25, 0.3) is 0 Å². The minimum atomic E-state index is -3.97. The van der Waals surface area contributed by atoms with E-state index in [-0.39, 0.29) is 27.8 Å². The Morgan fingerprint density at radius 2 is 1.85 bits per heavy atom. The average molecular weight is 495 g/mol. The summed E-state index contributed by atoms with van der Waals surface area (Å²) in [6.45, 7) is 3.32. The number of amides is 1. The van der Waals surface area contributed by atoms with Gasteiger partial charge in [0.1, 0.15) is 12.4 Å². The summed E-state index contributed by atoms with van der Waals surface area (Å²) in [4.78, 5) is 12.5. The zero-order valence-electron chi connectivity index (χ0n) is 17.7. The van der Waals surface area contributed by atoms with Crippen molar-refractivity contribution < 1.29 is 26.7 Å². The molecule has 0 aliphatic rings. The van der Waals surface area contributed by atoms with Crippen molar-refractivity contribution in [3.05, 3.63) is 88.4 Å². The largest absolute Gasteiger partial charge is 0.488 e. The van der Waals surface area contributed by atoms with Gasteiger partial charge in [-0.3, -0.25) is 9.52 Å². The minimum Gasteiger partial charge on any atom is -0.488 e. The van der Waals surface area contributed by atoms with Crippen LogP contribution in [0.4, 0.5) is 14.5 Å². The van der Waals surface area contributed by atoms with Crippen LogP contribution in [0.15, 0.2) is 65.6 Å². The lowest BCUT2D eigenvalue weighted by molar-refractivity contribution is 0.0926. The second-order valence-corrected chi connectivity index (χ2v) is 9.47. The molecule has 0 saturated heterocycles. The molecule has 0 heterocycles. The van der Waals surface area contributed by atoms with E-state index in [9.17, 15) is 22.0 Å². The summed E-state index contributed by atoms with van der Waals surface area (Å²) in [7, 11) is -3.97. The van der Waals surface area contributed by atoms with Gasteiger partial charge in [-0.05, 0) is 61.9 Å². The molecule has 1 amide bonds. The maximum absolute atomic E-state index is 13.7. The molecule has 6 nitrogen and oxygen atoms in total. The summed E-state index contributed by atoms with van der Waals surface area (Å²) in [5.74, 6) is -2.40. The molecule has 0 aliphatic carbocycles. The second kappa shape index (κ2) is 10.2. The molecular formula is C23H21ClF2N2O4S. The fourth-order valence-electron chi connectivity index (χ4n) is 2.92. The van der Waals surface area contributed by atoms with E-state index in [1.807, 2.05) is 13.0 Å². The Hall–Kier alpha value is -3.17. The lowest BCUT2D eigenvalue weighted by Gasteiger charge is -2.16. The molecule has 3 rings (SSSR count). The van der Waals surface area contributed by atoms with E-state index >= 15 is 0 Å². The first kappa shape index (κ1) is 24.5. The predicted octanol–water partition coefficient (Wildman–Crippen LogP) is 4.92. The number of rotatable bonds is 8. The highest BCUT2D eigenvalue weighted by molar-refractivity contribution is 7.92. The van der Waals surface area contributed by atoms with Crippen molar-refractivity contribution in [2.45, 2.75) is 24.8 Å². The molecule has 33 heavy (non-hydrogen) atoms. The SMILES string of the molecule is Cc1cccc(NS(=O)(=O)c2ccc(Cl)c(C(=O)NC(C)COc3ccc(F)cc3F)c2)c1. The summed E-state index contributed by atoms with van der Waals surface area (Å²) >= 11 is 6.12. The number of nitrogens with one attached hydrogen (secondary N) is 2. The second-order valence-electron chi connectivity index (χ2n) is 7.38. The fourth-order valence-corrected chi connectivity index (χ4v) is 4.20. The number of halogens is 3. The van der Waals surface area contributed by atoms with Crippen molar-refractivity contribution >= 4 is 33.2 Å². The number of aryl methyl sites for hydroxylation is 1. The van der Waals surface area contributed by atoms with Crippen LogP contribution in [0.1, 0.15) is 22.8 Å². The van der Waals surface area contributed by atoms with Crippen molar-refractivity contribution in [2.24, 2.45) is 0 Å². The Morgan fingerprint density at radius 3 is 2.55 bits per heavy atom. The van der Waals surface area contributed by atoms with E-state index in [4.69, 9.17) is 16.3 Å². The van der Waals surface area contributed by atoms with Crippen LogP contribution in [-0.4, -0.2) is 27.0 Å². The Balaban J connectivity index is 1.70. The fraction of sp³-hybridized carbons (Fsp3) is 0.174. The highest BCUT2D eigenvalue weighted by Crippen LogP contribution is 2.23. The van der Waals surface area contributed by atoms with Gasteiger partial charge in [0.25, 0.3) is 15.9 Å². The average Bonchev–Trinajstić information content (AvgIpc) is 2.73. The van der Waals surface area contributed by atoms with Crippen LogP contribution in [0, 0.1) is 18.6 Å². The Labute approximate surface area is 195 Å². The summed E-state index contributed by atoms with van der Waals surface area (Å²) in [6.07, 6.45) is 0. The first-order valence-corrected chi connectivity index (χ1v) is 11.7. The molecule has 0 aliphatic heterocycles. The van der Waals surface area contributed by atoms with Gasteiger partial charge in [0.15, 0.2) is 11.6 Å². The van der Waals surface area contributed by atoms with Gasteiger partial charge in [0.2, 0.25) is 0 Å². The first-order valence-electron chi connectivity index (χ1n) is 9.83. The van der Waals surface area contributed by atoms with Crippen LogP contribution in [0.2, 0.25) is 5.02 Å². The van der Waals surface area contributed by atoms with E-state index < -0.39 is 33.6 Å². The highest BCUT2D eigenvalue weighted by Gasteiger charge is 2.20. The van der Waals surface area contributed by atoms with E-state index in [1.165, 1.54) is 18.2 Å². The van der Waals surface area contributed by atoms with Crippen LogP contribution in [0.5, 0.6) is 5.75 Å². The minimum absolute atomic E-state index is 0.0522.